The Morgan fingerprint density at radius 2 is 1.76 bits per heavy atom. The molecular weight excluding hydrogens is 212 g/mol. The zero-order valence-corrected chi connectivity index (χ0v) is 12.2. The first kappa shape index (κ1) is 16.4. The Morgan fingerprint density at radius 3 is 2.12 bits per heavy atom. The van der Waals surface area contributed by atoms with E-state index >= 15 is 0 Å². The molecule has 0 spiro atoms. The van der Waals surface area contributed by atoms with Gasteiger partial charge in [0.15, 0.2) is 0 Å². The summed E-state index contributed by atoms with van der Waals surface area (Å²) in [4.78, 5) is 14.4. The largest absolute Gasteiger partial charge is 0.340 e. The van der Waals surface area contributed by atoms with Crippen LogP contribution >= 0.6 is 0 Å². The average Bonchev–Trinajstić information content (AvgIpc) is 2.24. The molecule has 0 fully saturated rings. The smallest absolute Gasteiger partial charge is 0.227 e. The summed E-state index contributed by atoms with van der Waals surface area (Å²) in [7, 11) is 0. The van der Waals surface area contributed by atoms with Crippen molar-refractivity contribution in [1.29, 1.82) is 0 Å². The number of nitrogens with two attached hydrogens (primary N) is 1. The van der Waals surface area contributed by atoms with E-state index in [1.165, 1.54) is 12.8 Å². The number of nitrogens with zero attached hydrogens (tertiary/aromatic N) is 1. The van der Waals surface area contributed by atoms with Gasteiger partial charge in [-0.1, -0.05) is 33.6 Å². The molecule has 0 heterocycles. The maximum absolute atomic E-state index is 12.4. The fraction of sp³-hybridized carbons (Fsp3) is 0.929. The minimum Gasteiger partial charge on any atom is -0.340 e. The number of amides is 1. The molecule has 0 aliphatic carbocycles. The Labute approximate surface area is 107 Å². The molecule has 1 amide bonds. The first-order valence-corrected chi connectivity index (χ1v) is 6.96. The van der Waals surface area contributed by atoms with Crippen LogP contribution in [0.5, 0.6) is 0 Å². The third-order valence-electron chi connectivity index (χ3n) is 3.28. The van der Waals surface area contributed by atoms with Crippen molar-refractivity contribution in [3.05, 3.63) is 0 Å². The van der Waals surface area contributed by atoms with Crippen LogP contribution in [0.2, 0.25) is 0 Å². The summed E-state index contributed by atoms with van der Waals surface area (Å²) >= 11 is 0. The van der Waals surface area contributed by atoms with E-state index in [0.717, 1.165) is 13.0 Å². The van der Waals surface area contributed by atoms with Crippen LogP contribution in [-0.2, 0) is 4.79 Å². The van der Waals surface area contributed by atoms with Crippen molar-refractivity contribution in [3.63, 3.8) is 0 Å². The van der Waals surface area contributed by atoms with E-state index < -0.39 is 0 Å². The second-order valence-corrected chi connectivity index (χ2v) is 5.42. The molecule has 0 aliphatic heterocycles. The molecule has 0 rings (SSSR count). The molecule has 0 aliphatic rings. The molecular formula is C14H30N2O. The fourth-order valence-electron chi connectivity index (χ4n) is 2.03. The molecule has 0 radical (unpaired) electrons. The number of carbonyl (C=O) groups is 1. The number of unbranched alkanes of at least 4 members (excludes halogenated alkanes) is 2. The highest BCUT2D eigenvalue weighted by Crippen LogP contribution is 2.16. The highest BCUT2D eigenvalue weighted by molar-refractivity contribution is 5.79. The third kappa shape index (κ3) is 5.53. The van der Waals surface area contributed by atoms with Crippen LogP contribution < -0.4 is 5.73 Å². The summed E-state index contributed by atoms with van der Waals surface area (Å²) in [6, 6.07) is 0.271. The second kappa shape index (κ2) is 8.51. The van der Waals surface area contributed by atoms with E-state index in [4.69, 9.17) is 5.73 Å². The lowest BCUT2D eigenvalue weighted by atomic mass is 9.94. The van der Waals surface area contributed by atoms with Gasteiger partial charge in [0.25, 0.3) is 0 Å². The van der Waals surface area contributed by atoms with Crippen LogP contribution in [0.4, 0.5) is 0 Å². The molecule has 3 heteroatoms. The Hall–Kier alpha value is -0.570. The Balaban J connectivity index is 4.52. The second-order valence-electron chi connectivity index (χ2n) is 5.42. The van der Waals surface area contributed by atoms with Crippen LogP contribution in [0.1, 0.15) is 53.9 Å². The summed E-state index contributed by atoms with van der Waals surface area (Å²) in [5, 5.41) is 0. The predicted octanol–water partition coefficient (Wildman–Crippen LogP) is 2.64. The van der Waals surface area contributed by atoms with Crippen LogP contribution in [0.25, 0.3) is 0 Å². The van der Waals surface area contributed by atoms with Gasteiger partial charge in [0.1, 0.15) is 0 Å². The lowest BCUT2D eigenvalue weighted by molar-refractivity contribution is -0.138. The first-order valence-electron chi connectivity index (χ1n) is 6.96. The van der Waals surface area contributed by atoms with Crippen molar-refractivity contribution in [2.75, 3.05) is 13.1 Å². The van der Waals surface area contributed by atoms with E-state index in [1.807, 2.05) is 4.90 Å². The van der Waals surface area contributed by atoms with Gasteiger partial charge in [-0.15, -0.1) is 0 Å². The average molecular weight is 242 g/mol. The molecule has 0 saturated heterocycles. The Morgan fingerprint density at radius 1 is 1.18 bits per heavy atom. The summed E-state index contributed by atoms with van der Waals surface area (Å²) in [5.41, 5.74) is 5.72. The quantitative estimate of drug-likeness (QED) is 0.665. The number of carbonyl (C=O) groups excluding carboxylic acids is 1. The van der Waals surface area contributed by atoms with E-state index in [1.54, 1.807) is 0 Å². The van der Waals surface area contributed by atoms with Crippen molar-refractivity contribution in [3.8, 4) is 0 Å². The zero-order chi connectivity index (χ0) is 13.4. The Kier molecular flexibility index (Phi) is 8.23. The Bertz CT molecular complexity index is 214. The normalized spacial score (nSPS) is 13.2. The number of rotatable bonds is 8. The fourth-order valence-corrected chi connectivity index (χ4v) is 2.03. The molecule has 102 valence electrons. The molecule has 0 aromatic heterocycles. The van der Waals surface area contributed by atoms with Crippen molar-refractivity contribution in [2.45, 2.75) is 59.9 Å². The minimum atomic E-state index is -0.0287. The molecule has 17 heavy (non-hydrogen) atoms. The SMILES string of the molecule is CCCCCN(C(=O)C(CN)C(C)C)C(C)C. The van der Waals surface area contributed by atoms with Gasteiger partial charge in [-0.2, -0.15) is 0 Å². The van der Waals surface area contributed by atoms with Crippen molar-refractivity contribution >= 4 is 5.91 Å². The topological polar surface area (TPSA) is 46.3 Å². The highest BCUT2D eigenvalue weighted by atomic mass is 16.2. The third-order valence-corrected chi connectivity index (χ3v) is 3.28. The summed E-state index contributed by atoms with van der Waals surface area (Å²) in [6.45, 7) is 11.8. The van der Waals surface area contributed by atoms with Gasteiger partial charge in [0, 0.05) is 19.1 Å². The molecule has 0 bridgehead atoms. The van der Waals surface area contributed by atoms with Gasteiger partial charge in [0.05, 0.1) is 5.92 Å². The lowest BCUT2D eigenvalue weighted by Crippen LogP contribution is -2.45. The van der Waals surface area contributed by atoms with Gasteiger partial charge < -0.3 is 10.6 Å². The van der Waals surface area contributed by atoms with Crippen LogP contribution in [0.15, 0.2) is 0 Å². The number of hydrogen-bond donors (Lipinski definition) is 1. The van der Waals surface area contributed by atoms with Crippen LogP contribution in [0.3, 0.4) is 0 Å². The molecule has 0 aromatic carbocycles. The van der Waals surface area contributed by atoms with Gasteiger partial charge in [-0.25, -0.2) is 0 Å². The highest BCUT2D eigenvalue weighted by Gasteiger charge is 2.26. The molecule has 1 atom stereocenters. The molecule has 0 saturated carbocycles. The number of hydrogen-bond acceptors (Lipinski definition) is 2. The van der Waals surface area contributed by atoms with Crippen LogP contribution in [-0.4, -0.2) is 29.9 Å². The molecule has 0 aromatic rings. The van der Waals surface area contributed by atoms with E-state index in [9.17, 15) is 4.79 Å². The lowest BCUT2D eigenvalue weighted by Gasteiger charge is -2.31. The van der Waals surface area contributed by atoms with Crippen molar-refractivity contribution < 1.29 is 4.79 Å². The summed E-state index contributed by atoms with van der Waals surface area (Å²) in [5.74, 6) is 0.521. The maximum Gasteiger partial charge on any atom is 0.227 e. The molecule has 3 nitrogen and oxygen atoms in total. The maximum atomic E-state index is 12.4. The minimum absolute atomic E-state index is 0.0287. The van der Waals surface area contributed by atoms with Crippen LogP contribution in [0, 0.1) is 11.8 Å². The predicted molar refractivity (Wildman–Crippen MR) is 73.8 cm³/mol. The zero-order valence-electron chi connectivity index (χ0n) is 12.2. The standard InChI is InChI=1S/C14H30N2O/c1-6-7-8-9-16(12(4)5)14(17)13(10-15)11(2)3/h11-13H,6-10,15H2,1-5H3. The molecule has 1 unspecified atom stereocenters. The van der Waals surface area contributed by atoms with Crippen molar-refractivity contribution in [2.24, 2.45) is 17.6 Å². The van der Waals surface area contributed by atoms with E-state index in [0.29, 0.717) is 12.5 Å². The monoisotopic (exact) mass is 242 g/mol. The summed E-state index contributed by atoms with van der Waals surface area (Å²) < 4.78 is 0. The first-order chi connectivity index (χ1) is 7.95. The molecule has 2 N–H and O–H groups in total. The van der Waals surface area contributed by atoms with Gasteiger partial charge >= 0.3 is 0 Å². The summed E-state index contributed by atoms with van der Waals surface area (Å²) in [6.07, 6.45) is 3.46. The van der Waals surface area contributed by atoms with E-state index in [2.05, 4.69) is 34.6 Å². The van der Waals surface area contributed by atoms with E-state index in [-0.39, 0.29) is 17.9 Å². The van der Waals surface area contributed by atoms with Crippen molar-refractivity contribution in [1.82, 2.24) is 4.90 Å². The van der Waals surface area contributed by atoms with Gasteiger partial charge in [0.2, 0.25) is 5.91 Å². The van der Waals surface area contributed by atoms with Gasteiger partial charge in [-0.05, 0) is 26.2 Å². The van der Waals surface area contributed by atoms with Gasteiger partial charge in [-0.3, -0.25) is 4.79 Å².